The lowest BCUT2D eigenvalue weighted by molar-refractivity contribution is -0.0908. The van der Waals surface area contributed by atoms with Crippen LogP contribution in [0, 0.1) is 6.92 Å². The monoisotopic (exact) mass is 623 g/mol. The topological polar surface area (TPSA) is 118 Å². The van der Waals surface area contributed by atoms with Crippen molar-refractivity contribution in [3.05, 3.63) is 128 Å². The first-order chi connectivity index (χ1) is 20.7. The molecular formula is C31H32N2O8PS+. The molecule has 3 aromatic carbocycles. The molecule has 224 valence electrons. The van der Waals surface area contributed by atoms with Gasteiger partial charge in [-0.1, -0.05) is 54.6 Å². The van der Waals surface area contributed by atoms with Crippen LogP contribution in [-0.4, -0.2) is 42.6 Å². The van der Waals surface area contributed by atoms with Crippen LogP contribution in [0.1, 0.15) is 34.9 Å². The summed E-state index contributed by atoms with van der Waals surface area (Å²) in [4.78, 5) is 26.9. The Morgan fingerprint density at radius 3 is 2.02 bits per heavy atom. The molecule has 0 saturated carbocycles. The second kappa shape index (κ2) is 13.3. The van der Waals surface area contributed by atoms with Crippen LogP contribution in [0.15, 0.2) is 94.6 Å². The summed E-state index contributed by atoms with van der Waals surface area (Å²) in [5, 5.41) is 0. The fourth-order valence-corrected chi connectivity index (χ4v) is 6.15. The van der Waals surface area contributed by atoms with Crippen LogP contribution in [0.4, 0.5) is 0 Å². The van der Waals surface area contributed by atoms with Gasteiger partial charge in [0, 0.05) is 18.2 Å². The zero-order valence-electron chi connectivity index (χ0n) is 23.8. The molecule has 0 amide bonds. The summed E-state index contributed by atoms with van der Waals surface area (Å²) in [5.74, 6) is 1.38. The van der Waals surface area contributed by atoms with Crippen LogP contribution < -0.4 is 20.7 Å². The van der Waals surface area contributed by atoms with Crippen molar-refractivity contribution in [1.29, 1.82) is 0 Å². The smallest absolute Gasteiger partial charge is 0.497 e. The maximum Gasteiger partial charge on any atom is 0.582 e. The van der Waals surface area contributed by atoms with E-state index in [9.17, 15) is 14.2 Å². The van der Waals surface area contributed by atoms with Crippen LogP contribution in [-0.2, 0) is 24.2 Å². The highest BCUT2D eigenvalue weighted by molar-refractivity contribution is 8.39. The van der Waals surface area contributed by atoms with Gasteiger partial charge < -0.3 is 18.9 Å². The highest BCUT2D eigenvalue weighted by atomic mass is 32.7. The molecule has 2 unspecified atom stereocenters. The zero-order valence-corrected chi connectivity index (χ0v) is 25.6. The summed E-state index contributed by atoms with van der Waals surface area (Å²) < 4.78 is 43.1. The first-order valence-corrected chi connectivity index (χ1v) is 15.9. The Bertz CT molecular complexity index is 1630. The van der Waals surface area contributed by atoms with Crippen molar-refractivity contribution in [3.8, 4) is 11.5 Å². The molecule has 10 nitrogen and oxygen atoms in total. The number of H-pyrrole nitrogens is 1. The number of ether oxygens (including phenoxy) is 4. The van der Waals surface area contributed by atoms with Crippen molar-refractivity contribution in [3.63, 3.8) is 0 Å². The van der Waals surface area contributed by atoms with E-state index in [2.05, 4.69) is 17.2 Å². The third-order valence-electron chi connectivity index (χ3n) is 7.50. The van der Waals surface area contributed by atoms with E-state index in [1.165, 1.54) is 10.8 Å². The van der Waals surface area contributed by atoms with E-state index in [0.717, 1.165) is 16.7 Å². The lowest BCUT2D eigenvalue weighted by Gasteiger charge is -2.37. The van der Waals surface area contributed by atoms with Gasteiger partial charge in [-0.05, 0) is 52.4 Å². The van der Waals surface area contributed by atoms with Gasteiger partial charge in [-0.2, -0.15) is 0 Å². The van der Waals surface area contributed by atoms with E-state index in [0.29, 0.717) is 17.1 Å². The standard InChI is InChI=1S/C31H31N2O8PS/c1-20-18-33(30(35)32-29(20)34)28-17-26(41-42(36)43)27(40-28)19-39-31(21-7-5-4-6-8-21,22-9-13-24(37-2)14-10-22)23-11-15-25(38-3)16-12-23/h4-16,18,26-28H,17,19H2,1-3H3,(H-,32,34,35,36,43)/p+1/t26?,27-,28-/m1/s1. The number of aromatic nitrogens is 2. The fraction of sp³-hybridized carbons (Fsp3) is 0.290. The van der Waals surface area contributed by atoms with Gasteiger partial charge in [0.15, 0.2) is 0 Å². The molecule has 5 rings (SSSR count). The third kappa shape index (κ3) is 6.46. The Balaban J connectivity index is 1.58. The highest BCUT2D eigenvalue weighted by Crippen LogP contribution is 2.44. The van der Waals surface area contributed by atoms with Gasteiger partial charge in [-0.3, -0.25) is 14.3 Å². The molecule has 1 saturated heterocycles. The average Bonchev–Trinajstić information content (AvgIpc) is 3.41. The average molecular weight is 624 g/mol. The predicted molar refractivity (Wildman–Crippen MR) is 164 cm³/mol. The van der Waals surface area contributed by atoms with E-state index in [4.69, 9.17) is 23.5 Å². The molecule has 0 radical (unpaired) electrons. The van der Waals surface area contributed by atoms with Crippen LogP contribution in [0.25, 0.3) is 0 Å². The number of hydrogen-bond acceptors (Lipinski definition) is 8. The van der Waals surface area contributed by atoms with Gasteiger partial charge in [-0.25, -0.2) is 4.79 Å². The minimum absolute atomic E-state index is 0.0117. The summed E-state index contributed by atoms with van der Waals surface area (Å²) in [6.45, 7) is 1.59. The van der Waals surface area contributed by atoms with Crippen LogP contribution >= 0.6 is 19.5 Å². The van der Waals surface area contributed by atoms with E-state index >= 15 is 0 Å². The van der Waals surface area contributed by atoms with Crippen LogP contribution in [0.5, 0.6) is 11.5 Å². The minimum atomic E-state index is -2.29. The Morgan fingerprint density at radius 1 is 0.930 bits per heavy atom. The number of thiol groups is 1. The van der Waals surface area contributed by atoms with E-state index in [1.807, 2.05) is 78.9 Å². The predicted octanol–water partition coefficient (Wildman–Crippen LogP) is 5.13. The van der Waals surface area contributed by atoms with Crippen LogP contribution in [0.2, 0.25) is 0 Å². The normalized spacial score (nSPS) is 18.8. The first-order valence-electron chi connectivity index (χ1n) is 13.5. The summed E-state index contributed by atoms with van der Waals surface area (Å²) in [6, 6.07) is 25.0. The molecule has 0 spiro atoms. The zero-order chi connectivity index (χ0) is 30.6. The van der Waals surface area contributed by atoms with Gasteiger partial charge in [-0.15, -0.1) is 4.52 Å². The van der Waals surface area contributed by atoms with Crippen molar-refractivity contribution in [2.75, 3.05) is 20.8 Å². The molecule has 1 aliphatic heterocycles. The van der Waals surface area contributed by atoms with Crippen molar-refractivity contribution >= 4 is 19.5 Å². The van der Waals surface area contributed by atoms with Gasteiger partial charge in [0.2, 0.25) is 0 Å². The Morgan fingerprint density at radius 2 is 1.49 bits per heavy atom. The van der Waals surface area contributed by atoms with Crippen molar-refractivity contribution in [2.45, 2.75) is 37.4 Å². The van der Waals surface area contributed by atoms with Crippen LogP contribution in [0.3, 0.4) is 0 Å². The summed E-state index contributed by atoms with van der Waals surface area (Å²) in [5.41, 5.74) is 0.630. The molecule has 2 heterocycles. The lowest BCUT2D eigenvalue weighted by atomic mass is 9.80. The lowest BCUT2D eigenvalue weighted by Crippen LogP contribution is -2.38. The molecule has 1 aromatic heterocycles. The van der Waals surface area contributed by atoms with Crippen molar-refractivity contribution in [1.82, 2.24) is 9.55 Å². The number of methoxy groups -OCH3 is 2. The van der Waals surface area contributed by atoms with Gasteiger partial charge in [0.1, 0.15) is 47.8 Å². The summed E-state index contributed by atoms with van der Waals surface area (Å²) in [6.07, 6.45) is -0.626. The number of hydrogen-bond donors (Lipinski definition) is 2. The molecule has 1 aliphatic rings. The molecule has 1 N–H and O–H groups in total. The summed E-state index contributed by atoms with van der Waals surface area (Å²) in [7, 11) is 0.921. The Labute approximate surface area is 254 Å². The molecule has 1 fully saturated rings. The first kappa shape index (κ1) is 30.7. The van der Waals surface area contributed by atoms with Crippen molar-refractivity contribution in [2.24, 2.45) is 0 Å². The van der Waals surface area contributed by atoms with E-state index in [1.54, 1.807) is 21.1 Å². The highest BCUT2D eigenvalue weighted by Gasteiger charge is 2.45. The number of aromatic amines is 1. The number of benzene rings is 3. The minimum Gasteiger partial charge on any atom is -0.497 e. The molecule has 0 aliphatic carbocycles. The Hall–Kier alpha value is -3.73. The molecule has 43 heavy (non-hydrogen) atoms. The van der Waals surface area contributed by atoms with Crippen molar-refractivity contribution < 1.29 is 28.0 Å². The molecule has 0 bridgehead atoms. The number of aryl methyl sites for hydroxylation is 1. The molecular weight excluding hydrogens is 591 g/mol. The largest absolute Gasteiger partial charge is 0.582 e. The third-order valence-corrected chi connectivity index (χ3v) is 8.23. The molecule has 4 aromatic rings. The quantitative estimate of drug-likeness (QED) is 0.134. The Kier molecular flexibility index (Phi) is 9.49. The van der Waals surface area contributed by atoms with Gasteiger partial charge >= 0.3 is 12.9 Å². The van der Waals surface area contributed by atoms with E-state index < -0.39 is 42.5 Å². The number of rotatable bonds is 11. The summed E-state index contributed by atoms with van der Waals surface area (Å²) >= 11 is 3.97. The number of nitrogens with one attached hydrogen (secondary N) is 1. The van der Waals surface area contributed by atoms with Gasteiger partial charge in [0.05, 0.1) is 20.8 Å². The second-order valence-electron chi connectivity index (χ2n) is 10.0. The second-order valence-corrected chi connectivity index (χ2v) is 11.7. The maximum atomic E-state index is 12.7. The van der Waals surface area contributed by atoms with Gasteiger partial charge in [0.25, 0.3) is 5.56 Å². The maximum absolute atomic E-state index is 12.7. The molecule has 4 atom stereocenters. The SMILES string of the molecule is COc1ccc(C(OC[C@H]2O[C@@H](n3cc(C)c(=O)[nH]c3=O)CC2O[P+](=O)S)(c2ccccc2)c2ccc(OC)cc2)cc1. The molecule has 12 heteroatoms. The number of nitrogens with zero attached hydrogens (tertiary/aromatic N) is 1. The fourth-order valence-electron chi connectivity index (χ4n) is 5.33. The van der Waals surface area contributed by atoms with E-state index in [-0.39, 0.29) is 13.0 Å².